The predicted octanol–water partition coefficient (Wildman–Crippen LogP) is 4.03. The fourth-order valence-electron chi connectivity index (χ4n) is 2.52. The zero-order valence-electron chi connectivity index (χ0n) is 15.3. The number of hydrogen-bond acceptors (Lipinski definition) is 6. The van der Waals surface area contributed by atoms with Gasteiger partial charge in [0, 0.05) is 0 Å². The Kier molecular flexibility index (Phi) is 6.84. The second kappa shape index (κ2) is 9.52. The van der Waals surface area contributed by atoms with Gasteiger partial charge < -0.3 is 9.47 Å². The van der Waals surface area contributed by atoms with Gasteiger partial charge in [-0.25, -0.2) is 0 Å². The van der Waals surface area contributed by atoms with Crippen LogP contribution in [0.15, 0.2) is 59.5 Å². The molecular weight excluding hydrogens is 394 g/mol. The van der Waals surface area contributed by atoms with Crippen molar-refractivity contribution in [3.05, 3.63) is 70.6 Å². The topological polar surface area (TPSA) is 55.8 Å². The van der Waals surface area contributed by atoms with E-state index in [1.807, 2.05) is 54.6 Å². The van der Waals surface area contributed by atoms with E-state index in [0.717, 1.165) is 16.9 Å². The molecule has 1 saturated heterocycles. The summed E-state index contributed by atoms with van der Waals surface area (Å²) < 4.78 is 11.0. The lowest BCUT2D eigenvalue weighted by Gasteiger charge is -2.12. The van der Waals surface area contributed by atoms with Gasteiger partial charge in [-0.3, -0.25) is 14.5 Å². The van der Waals surface area contributed by atoms with Crippen molar-refractivity contribution in [1.82, 2.24) is 4.90 Å². The van der Waals surface area contributed by atoms with Crippen molar-refractivity contribution in [3.63, 3.8) is 0 Å². The molecule has 1 amide bonds. The number of carbonyl (C=O) groups is 2. The van der Waals surface area contributed by atoms with Gasteiger partial charge in [0.15, 0.2) is 0 Å². The molecule has 5 nitrogen and oxygen atoms in total. The molecule has 0 saturated carbocycles. The summed E-state index contributed by atoms with van der Waals surface area (Å²) >= 11 is 6.39. The van der Waals surface area contributed by atoms with Crippen molar-refractivity contribution < 1.29 is 19.1 Å². The fraction of sp³-hybridized carbons (Fsp3) is 0.190. The molecule has 0 unspecified atom stereocenters. The van der Waals surface area contributed by atoms with E-state index in [0.29, 0.717) is 15.8 Å². The molecule has 0 aliphatic carbocycles. The van der Waals surface area contributed by atoms with Crippen molar-refractivity contribution in [2.45, 2.75) is 13.5 Å². The van der Waals surface area contributed by atoms with Gasteiger partial charge in [0.1, 0.15) is 23.2 Å². The van der Waals surface area contributed by atoms with Crippen molar-refractivity contribution in [3.8, 4) is 5.75 Å². The maximum Gasteiger partial charge on any atom is 0.326 e. The Labute approximate surface area is 173 Å². The second-order valence-corrected chi connectivity index (χ2v) is 7.59. The quantitative estimate of drug-likeness (QED) is 0.388. The Hall–Kier alpha value is -2.64. The van der Waals surface area contributed by atoms with Crippen LogP contribution in [0.2, 0.25) is 0 Å². The zero-order chi connectivity index (χ0) is 19.9. The minimum absolute atomic E-state index is 0.165. The Bertz CT molecular complexity index is 894. The number of amides is 1. The van der Waals surface area contributed by atoms with Crippen LogP contribution in [0.25, 0.3) is 6.08 Å². The highest BCUT2D eigenvalue weighted by atomic mass is 32.2. The van der Waals surface area contributed by atoms with Gasteiger partial charge >= 0.3 is 5.97 Å². The average Bonchev–Trinajstić information content (AvgIpc) is 2.96. The van der Waals surface area contributed by atoms with Crippen LogP contribution in [-0.4, -0.2) is 34.2 Å². The summed E-state index contributed by atoms with van der Waals surface area (Å²) in [7, 11) is 0. The van der Waals surface area contributed by atoms with Crippen LogP contribution in [0.1, 0.15) is 18.1 Å². The summed E-state index contributed by atoms with van der Waals surface area (Å²) in [5, 5.41) is 0. The third-order valence-electron chi connectivity index (χ3n) is 3.89. The van der Waals surface area contributed by atoms with Gasteiger partial charge in [0.05, 0.1) is 11.5 Å². The van der Waals surface area contributed by atoms with E-state index in [4.69, 9.17) is 21.7 Å². The SMILES string of the molecule is CCOC(=O)CN1C(=O)C(=Cc2ccc(OCc3ccccc3)cc2)SC1=S. The van der Waals surface area contributed by atoms with Crippen LogP contribution < -0.4 is 4.74 Å². The third-order valence-corrected chi connectivity index (χ3v) is 5.27. The van der Waals surface area contributed by atoms with Crippen molar-refractivity contribution in [1.29, 1.82) is 0 Å². The first-order chi connectivity index (χ1) is 13.6. The molecular formula is C21H19NO4S2. The van der Waals surface area contributed by atoms with Crippen LogP contribution in [0.3, 0.4) is 0 Å². The number of benzene rings is 2. The number of thioether (sulfide) groups is 1. The number of esters is 1. The lowest BCUT2D eigenvalue weighted by atomic mass is 10.2. The number of rotatable bonds is 7. The fourth-order valence-corrected chi connectivity index (χ4v) is 3.78. The molecule has 0 spiro atoms. The van der Waals surface area contributed by atoms with E-state index in [1.165, 1.54) is 16.7 Å². The highest BCUT2D eigenvalue weighted by molar-refractivity contribution is 8.26. The molecule has 0 atom stereocenters. The average molecular weight is 414 g/mol. The molecule has 2 aromatic rings. The number of carbonyl (C=O) groups excluding carboxylic acids is 2. The number of ether oxygens (including phenoxy) is 2. The first-order valence-electron chi connectivity index (χ1n) is 8.74. The number of hydrogen-bond donors (Lipinski definition) is 0. The summed E-state index contributed by atoms with van der Waals surface area (Å²) in [6, 6.07) is 17.4. The Balaban J connectivity index is 1.62. The lowest BCUT2D eigenvalue weighted by Crippen LogP contribution is -2.34. The highest BCUT2D eigenvalue weighted by Gasteiger charge is 2.33. The minimum atomic E-state index is -0.472. The Morgan fingerprint density at radius 1 is 1.14 bits per heavy atom. The van der Waals surface area contributed by atoms with Crippen LogP contribution in [-0.2, 0) is 20.9 Å². The predicted molar refractivity (Wildman–Crippen MR) is 114 cm³/mol. The molecule has 0 N–H and O–H groups in total. The van der Waals surface area contributed by atoms with Crippen molar-refractivity contribution in [2.75, 3.05) is 13.2 Å². The standard InChI is InChI=1S/C21H19NO4S2/c1-2-25-19(23)13-22-20(24)18(28-21(22)27)12-15-8-10-17(11-9-15)26-14-16-6-4-3-5-7-16/h3-12H,2,13-14H2,1H3. The van der Waals surface area contributed by atoms with Crippen LogP contribution in [0.5, 0.6) is 5.75 Å². The summed E-state index contributed by atoms with van der Waals surface area (Å²) in [6.45, 7) is 2.31. The largest absolute Gasteiger partial charge is 0.489 e. The van der Waals surface area contributed by atoms with Gasteiger partial charge in [-0.1, -0.05) is 66.4 Å². The van der Waals surface area contributed by atoms with E-state index in [2.05, 4.69) is 0 Å². The maximum absolute atomic E-state index is 12.5. The summed E-state index contributed by atoms with van der Waals surface area (Å²) in [6.07, 6.45) is 1.76. The van der Waals surface area contributed by atoms with Gasteiger partial charge in [-0.15, -0.1) is 0 Å². The second-order valence-electron chi connectivity index (χ2n) is 5.92. The minimum Gasteiger partial charge on any atom is -0.489 e. The first-order valence-corrected chi connectivity index (χ1v) is 9.97. The van der Waals surface area contributed by atoms with Gasteiger partial charge in [0.2, 0.25) is 0 Å². The van der Waals surface area contributed by atoms with E-state index in [-0.39, 0.29) is 19.1 Å². The first kappa shape index (κ1) is 20.1. The van der Waals surface area contributed by atoms with Crippen molar-refractivity contribution in [2.24, 2.45) is 0 Å². The lowest BCUT2D eigenvalue weighted by molar-refractivity contribution is -0.145. The molecule has 3 rings (SSSR count). The molecule has 0 aromatic heterocycles. The molecule has 7 heteroatoms. The highest BCUT2D eigenvalue weighted by Crippen LogP contribution is 2.32. The van der Waals surface area contributed by atoms with Crippen LogP contribution in [0.4, 0.5) is 0 Å². The molecule has 1 heterocycles. The molecule has 0 radical (unpaired) electrons. The molecule has 1 aliphatic heterocycles. The Morgan fingerprint density at radius 2 is 1.86 bits per heavy atom. The number of thiocarbonyl (C=S) groups is 1. The smallest absolute Gasteiger partial charge is 0.326 e. The van der Waals surface area contributed by atoms with E-state index in [1.54, 1.807) is 13.0 Å². The maximum atomic E-state index is 12.5. The van der Waals surface area contributed by atoms with Gasteiger partial charge in [-0.05, 0) is 36.3 Å². The summed E-state index contributed by atoms with van der Waals surface area (Å²) in [5.41, 5.74) is 1.94. The van der Waals surface area contributed by atoms with E-state index in [9.17, 15) is 9.59 Å². The van der Waals surface area contributed by atoms with Gasteiger partial charge in [-0.2, -0.15) is 0 Å². The molecule has 2 aromatic carbocycles. The monoisotopic (exact) mass is 413 g/mol. The van der Waals surface area contributed by atoms with Crippen molar-refractivity contribution >= 4 is 46.3 Å². The van der Waals surface area contributed by atoms with Gasteiger partial charge in [0.25, 0.3) is 5.91 Å². The van der Waals surface area contributed by atoms with Crippen LogP contribution in [0, 0.1) is 0 Å². The Morgan fingerprint density at radius 3 is 2.54 bits per heavy atom. The van der Waals surface area contributed by atoms with E-state index < -0.39 is 5.97 Å². The normalized spacial score (nSPS) is 15.2. The molecule has 1 fully saturated rings. The zero-order valence-corrected chi connectivity index (χ0v) is 16.9. The summed E-state index contributed by atoms with van der Waals surface area (Å²) in [4.78, 5) is 25.9. The molecule has 144 valence electrons. The summed E-state index contributed by atoms with van der Waals surface area (Å²) in [5.74, 6) is -0.0108. The number of nitrogens with zero attached hydrogens (tertiary/aromatic N) is 1. The molecule has 1 aliphatic rings. The third kappa shape index (κ3) is 5.21. The molecule has 0 bridgehead atoms. The van der Waals surface area contributed by atoms with Crippen LogP contribution >= 0.6 is 24.0 Å². The molecule has 28 heavy (non-hydrogen) atoms. The van der Waals surface area contributed by atoms with E-state index >= 15 is 0 Å².